The number of carbonyl (C=O) groups excluding carboxylic acids is 1. The molecule has 0 aliphatic heterocycles. The molecule has 1 amide bonds. The number of hydrogen-bond donors (Lipinski definition) is 1. The number of rotatable bonds is 5. The normalized spacial score (nSPS) is 10.4. The van der Waals surface area contributed by atoms with Crippen LogP contribution in [0.15, 0.2) is 53.4 Å². The van der Waals surface area contributed by atoms with E-state index in [4.69, 9.17) is 5.73 Å². The molecule has 0 atom stereocenters. The second-order valence-corrected chi connectivity index (χ2v) is 6.07. The van der Waals surface area contributed by atoms with Gasteiger partial charge in [-0.25, -0.2) is 0 Å². The van der Waals surface area contributed by atoms with E-state index in [9.17, 15) is 4.79 Å². The molecule has 3 nitrogen and oxygen atoms in total. The average Bonchev–Trinajstić information content (AvgIpc) is 2.47. The van der Waals surface area contributed by atoms with E-state index in [1.165, 1.54) is 0 Å². The molecular formula is C17H20N2OS. The van der Waals surface area contributed by atoms with Gasteiger partial charge in [-0.05, 0) is 36.2 Å². The standard InChI is InChI=1S/C17H20N2OS/c1-13-10-15(18)8-9-16(13)21-12-17(20)19(2)11-14-6-4-3-5-7-14/h3-10H,11-12,18H2,1-2H3. The maximum Gasteiger partial charge on any atom is 0.232 e. The lowest BCUT2D eigenvalue weighted by molar-refractivity contribution is -0.127. The van der Waals surface area contributed by atoms with Gasteiger partial charge in [0.2, 0.25) is 5.91 Å². The van der Waals surface area contributed by atoms with E-state index in [-0.39, 0.29) is 5.91 Å². The molecular weight excluding hydrogens is 280 g/mol. The zero-order chi connectivity index (χ0) is 15.2. The Balaban J connectivity index is 1.89. The van der Waals surface area contributed by atoms with Crippen LogP contribution < -0.4 is 5.73 Å². The zero-order valence-electron chi connectivity index (χ0n) is 12.4. The van der Waals surface area contributed by atoms with Crippen LogP contribution in [0.5, 0.6) is 0 Å². The van der Waals surface area contributed by atoms with Crippen LogP contribution in [0.3, 0.4) is 0 Å². The molecule has 0 aliphatic rings. The average molecular weight is 300 g/mol. The fourth-order valence-corrected chi connectivity index (χ4v) is 2.98. The first-order valence-corrected chi connectivity index (χ1v) is 7.81. The quantitative estimate of drug-likeness (QED) is 0.680. The van der Waals surface area contributed by atoms with Gasteiger partial charge in [-0.1, -0.05) is 30.3 Å². The van der Waals surface area contributed by atoms with Gasteiger partial charge < -0.3 is 10.6 Å². The van der Waals surface area contributed by atoms with Gasteiger partial charge in [0.15, 0.2) is 0 Å². The summed E-state index contributed by atoms with van der Waals surface area (Å²) in [5.74, 6) is 0.564. The van der Waals surface area contributed by atoms with Crippen molar-refractivity contribution in [3.63, 3.8) is 0 Å². The summed E-state index contributed by atoms with van der Waals surface area (Å²) in [6.45, 7) is 2.65. The number of anilines is 1. The molecule has 0 aliphatic carbocycles. The van der Waals surface area contributed by atoms with Crippen molar-refractivity contribution in [2.75, 3.05) is 18.5 Å². The van der Waals surface area contributed by atoms with Gasteiger partial charge in [0.25, 0.3) is 0 Å². The molecule has 110 valence electrons. The van der Waals surface area contributed by atoms with E-state index in [0.717, 1.165) is 21.7 Å². The van der Waals surface area contributed by atoms with Crippen LogP contribution in [0.25, 0.3) is 0 Å². The summed E-state index contributed by atoms with van der Waals surface area (Å²) in [6, 6.07) is 15.8. The van der Waals surface area contributed by atoms with E-state index in [0.29, 0.717) is 12.3 Å². The fraction of sp³-hybridized carbons (Fsp3) is 0.235. The van der Waals surface area contributed by atoms with Crippen LogP contribution in [0.2, 0.25) is 0 Å². The Morgan fingerprint density at radius 3 is 2.57 bits per heavy atom. The third kappa shape index (κ3) is 4.53. The fourth-order valence-electron chi connectivity index (χ4n) is 2.03. The molecule has 0 bridgehead atoms. The molecule has 0 saturated carbocycles. The lowest BCUT2D eigenvalue weighted by Gasteiger charge is -2.17. The monoisotopic (exact) mass is 300 g/mol. The zero-order valence-corrected chi connectivity index (χ0v) is 13.2. The van der Waals surface area contributed by atoms with Crippen molar-refractivity contribution in [3.05, 3.63) is 59.7 Å². The molecule has 0 unspecified atom stereocenters. The van der Waals surface area contributed by atoms with E-state index < -0.39 is 0 Å². The van der Waals surface area contributed by atoms with Crippen molar-refractivity contribution >= 4 is 23.4 Å². The van der Waals surface area contributed by atoms with Crippen molar-refractivity contribution in [1.82, 2.24) is 4.90 Å². The molecule has 2 rings (SSSR count). The number of nitrogens with zero attached hydrogens (tertiary/aromatic N) is 1. The second-order valence-electron chi connectivity index (χ2n) is 5.05. The summed E-state index contributed by atoms with van der Waals surface area (Å²) in [4.78, 5) is 15.0. The van der Waals surface area contributed by atoms with Crippen molar-refractivity contribution < 1.29 is 4.79 Å². The molecule has 4 heteroatoms. The number of carbonyl (C=O) groups is 1. The summed E-state index contributed by atoms with van der Waals surface area (Å²) in [5.41, 5.74) is 8.74. The van der Waals surface area contributed by atoms with Gasteiger partial charge in [0.1, 0.15) is 0 Å². The van der Waals surface area contributed by atoms with Crippen LogP contribution in [-0.2, 0) is 11.3 Å². The predicted molar refractivity (Wildman–Crippen MR) is 89.2 cm³/mol. The first-order valence-electron chi connectivity index (χ1n) is 6.83. The summed E-state index contributed by atoms with van der Waals surface area (Å²) in [5, 5.41) is 0. The molecule has 2 aromatic carbocycles. The highest BCUT2D eigenvalue weighted by atomic mass is 32.2. The number of thioether (sulfide) groups is 1. The van der Waals surface area contributed by atoms with Gasteiger partial charge in [0, 0.05) is 24.2 Å². The molecule has 0 heterocycles. The largest absolute Gasteiger partial charge is 0.399 e. The highest BCUT2D eigenvalue weighted by Gasteiger charge is 2.10. The number of aryl methyl sites for hydroxylation is 1. The summed E-state index contributed by atoms with van der Waals surface area (Å²) < 4.78 is 0. The topological polar surface area (TPSA) is 46.3 Å². The number of nitrogens with two attached hydrogens (primary N) is 1. The highest BCUT2D eigenvalue weighted by molar-refractivity contribution is 8.00. The molecule has 2 N–H and O–H groups in total. The van der Waals surface area contributed by atoms with Gasteiger partial charge in [-0.15, -0.1) is 11.8 Å². The third-order valence-electron chi connectivity index (χ3n) is 3.24. The maximum absolute atomic E-state index is 12.2. The Labute approximate surface area is 130 Å². The molecule has 0 saturated heterocycles. The predicted octanol–water partition coefficient (Wildman–Crippen LogP) is 3.33. The van der Waals surface area contributed by atoms with E-state index in [1.54, 1.807) is 16.7 Å². The Morgan fingerprint density at radius 1 is 1.19 bits per heavy atom. The lowest BCUT2D eigenvalue weighted by Crippen LogP contribution is -2.27. The molecule has 0 radical (unpaired) electrons. The molecule has 0 spiro atoms. The van der Waals surface area contributed by atoms with E-state index >= 15 is 0 Å². The summed E-state index contributed by atoms with van der Waals surface area (Å²) >= 11 is 1.56. The second kappa shape index (κ2) is 7.18. The minimum Gasteiger partial charge on any atom is -0.399 e. The van der Waals surface area contributed by atoms with Crippen LogP contribution in [0.1, 0.15) is 11.1 Å². The maximum atomic E-state index is 12.2. The third-order valence-corrected chi connectivity index (χ3v) is 4.40. The Bertz CT molecular complexity index is 613. The van der Waals surface area contributed by atoms with Crippen LogP contribution >= 0.6 is 11.8 Å². The lowest BCUT2D eigenvalue weighted by atomic mass is 10.2. The first-order chi connectivity index (χ1) is 10.1. The Morgan fingerprint density at radius 2 is 1.90 bits per heavy atom. The van der Waals surface area contributed by atoms with Crippen molar-refractivity contribution in [2.24, 2.45) is 0 Å². The molecule has 2 aromatic rings. The minimum atomic E-state index is 0.125. The number of benzene rings is 2. The molecule has 21 heavy (non-hydrogen) atoms. The van der Waals surface area contributed by atoms with Gasteiger partial charge in [-0.2, -0.15) is 0 Å². The van der Waals surface area contributed by atoms with Crippen LogP contribution in [0.4, 0.5) is 5.69 Å². The Kier molecular flexibility index (Phi) is 5.28. The number of hydrogen-bond acceptors (Lipinski definition) is 3. The SMILES string of the molecule is Cc1cc(N)ccc1SCC(=O)N(C)Cc1ccccc1. The van der Waals surface area contributed by atoms with Gasteiger partial charge >= 0.3 is 0 Å². The number of nitrogen functional groups attached to an aromatic ring is 1. The first kappa shape index (κ1) is 15.4. The number of amides is 1. The van der Waals surface area contributed by atoms with Crippen LogP contribution in [-0.4, -0.2) is 23.6 Å². The summed E-state index contributed by atoms with van der Waals surface area (Å²) in [7, 11) is 1.84. The highest BCUT2D eigenvalue weighted by Crippen LogP contribution is 2.24. The van der Waals surface area contributed by atoms with Gasteiger partial charge in [-0.3, -0.25) is 4.79 Å². The van der Waals surface area contributed by atoms with E-state index in [2.05, 4.69) is 0 Å². The minimum absolute atomic E-state index is 0.125. The Hall–Kier alpha value is -1.94. The van der Waals surface area contributed by atoms with Crippen molar-refractivity contribution in [2.45, 2.75) is 18.4 Å². The van der Waals surface area contributed by atoms with Crippen molar-refractivity contribution in [3.8, 4) is 0 Å². The van der Waals surface area contributed by atoms with Crippen molar-refractivity contribution in [1.29, 1.82) is 0 Å². The summed E-state index contributed by atoms with van der Waals surface area (Å²) in [6.07, 6.45) is 0. The molecule has 0 fully saturated rings. The van der Waals surface area contributed by atoms with Crippen LogP contribution in [0, 0.1) is 6.92 Å². The smallest absolute Gasteiger partial charge is 0.232 e. The van der Waals surface area contributed by atoms with E-state index in [1.807, 2.05) is 62.5 Å². The van der Waals surface area contributed by atoms with Gasteiger partial charge in [0.05, 0.1) is 5.75 Å². The molecule has 0 aromatic heterocycles.